The molecule has 0 spiro atoms. The Bertz CT molecular complexity index is 307. The summed E-state index contributed by atoms with van der Waals surface area (Å²) >= 11 is 0. The second-order valence-electron chi connectivity index (χ2n) is 2.51. The van der Waals surface area contributed by atoms with Crippen LogP contribution in [-0.4, -0.2) is 32.6 Å². The molecule has 1 rings (SSSR count). The van der Waals surface area contributed by atoms with Gasteiger partial charge in [0.15, 0.2) is 0 Å². The van der Waals surface area contributed by atoms with Gasteiger partial charge in [-0.2, -0.15) is 0 Å². The lowest BCUT2D eigenvalue weighted by molar-refractivity contribution is -0.138. The topological polar surface area (TPSA) is 98.2 Å². The maximum Gasteiger partial charge on any atom is 0.321 e. The number of carboxylic acids is 1. The Labute approximate surface area is 74.0 Å². The van der Waals surface area contributed by atoms with Crippen molar-refractivity contribution in [2.45, 2.75) is 12.5 Å². The molecule has 0 unspecified atom stereocenters. The minimum Gasteiger partial charge on any atom is -0.480 e. The summed E-state index contributed by atoms with van der Waals surface area (Å²) in [6, 6.07) is -1.16. The summed E-state index contributed by atoms with van der Waals surface area (Å²) < 4.78 is 1.20. The van der Waals surface area contributed by atoms with Crippen molar-refractivity contribution in [2.24, 2.45) is 5.73 Å². The van der Waals surface area contributed by atoms with E-state index in [9.17, 15) is 9.59 Å². The zero-order chi connectivity index (χ0) is 9.84. The number of carboxylic acid groups (broad SMARTS) is 1. The highest BCUT2D eigenvalue weighted by Gasteiger charge is 2.16. The first-order chi connectivity index (χ1) is 6.11. The molecule has 1 atom stereocenters. The molecule has 0 aliphatic rings. The number of aliphatic carboxylic acids is 1. The van der Waals surface area contributed by atoms with Gasteiger partial charge in [-0.3, -0.25) is 14.2 Å². The molecule has 0 radical (unpaired) electrons. The van der Waals surface area contributed by atoms with Crippen LogP contribution in [0.2, 0.25) is 0 Å². The molecule has 1 aromatic heterocycles. The molecule has 0 aromatic carbocycles. The summed E-state index contributed by atoms with van der Waals surface area (Å²) in [5.74, 6) is -1.57. The van der Waals surface area contributed by atoms with Crippen molar-refractivity contribution in [3.8, 4) is 0 Å². The Morgan fingerprint density at radius 2 is 2.31 bits per heavy atom. The molecule has 0 bridgehead atoms. The van der Waals surface area contributed by atoms with E-state index in [-0.39, 0.29) is 12.3 Å². The summed E-state index contributed by atoms with van der Waals surface area (Å²) in [6.45, 7) is 0. The molecule has 0 saturated carbocycles. The molecular weight excluding hydrogens is 174 g/mol. The van der Waals surface area contributed by atoms with Gasteiger partial charge in [0.1, 0.15) is 12.4 Å². The molecule has 0 fully saturated rings. The number of carbonyl (C=O) groups excluding carboxylic acids is 1. The summed E-state index contributed by atoms with van der Waals surface area (Å²) in [7, 11) is 0. The van der Waals surface area contributed by atoms with Crippen LogP contribution in [0, 0.1) is 0 Å². The number of nitrogens with zero attached hydrogens (tertiary/aromatic N) is 2. The molecule has 6 nitrogen and oxygen atoms in total. The number of imidazole rings is 1. The van der Waals surface area contributed by atoms with Crippen LogP contribution in [0.25, 0.3) is 0 Å². The molecule has 1 aromatic rings. The second kappa shape index (κ2) is 3.81. The summed E-state index contributed by atoms with van der Waals surface area (Å²) in [5.41, 5.74) is 5.17. The standard InChI is InChI=1S/C7H9N3O3/c8-5(7(12)13)3-6(11)10-2-1-9-4-10/h1-2,4-5H,3,8H2,(H,12,13)/t5-/m0/s1. The molecule has 0 saturated heterocycles. The van der Waals surface area contributed by atoms with Crippen molar-refractivity contribution in [1.29, 1.82) is 0 Å². The third-order valence-electron chi connectivity index (χ3n) is 1.50. The van der Waals surface area contributed by atoms with Crippen LogP contribution < -0.4 is 5.73 Å². The average molecular weight is 183 g/mol. The van der Waals surface area contributed by atoms with Crippen LogP contribution in [0.4, 0.5) is 0 Å². The summed E-state index contributed by atoms with van der Waals surface area (Å²) in [4.78, 5) is 25.2. The third kappa shape index (κ3) is 2.38. The fraction of sp³-hybridized carbons (Fsp3) is 0.286. The fourth-order valence-corrected chi connectivity index (χ4v) is 0.787. The van der Waals surface area contributed by atoms with Crippen molar-refractivity contribution in [3.63, 3.8) is 0 Å². The molecule has 3 N–H and O–H groups in total. The van der Waals surface area contributed by atoms with Crippen LogP contribution in [0.5, 0.6) is 0 Å². The van der Waals surface area contributed by atoms with E-state index in [0.29, 0.717) is 0 Å². The monoisotopic (exact) mass is 183 g/mol. The lowest BCUT2D eigenvalue weighted by Gasteiger charge is -2.04. The third-order valence-corrected chi connectivity index (χ3v) is 1.50. The van der Waals surface area contributed by atoms with Crippen molar-refractivity contribution in [1.82, 2.24) is 9.55 Å². The summed E-state index contributed by atoms with van der Waals surface area (Å²) in [6.07, 6.45) is 3.95. The maximum absolute atomic E-state index is 11.2. The predicted molar refractivity (Wildman–Crippen MR) is 43.1 cm³/mol. The van der Waals surface area contributed by atoms with Crippen molar-refractivity contribution < 1.29 is 14.7 Å². The number of rotatable bonds is 3. The maximum atomic E-state index is 11.2. The van der Waals surface area contributed by atoms with E-state index in [0.717, 1.165) is 0 Å². The Kier molecular flexibility index (Phi) is 2.76. The average Bonchev–Trinajstić information content (AvgIpc) is 2.55. The van der Waals surface area contributed by atoms with E-state index >= 15 is 0 Å². The SMILES string of the molecule is N[C@@H](CC(=O)n1ccnc1)C(=O)O. The Morgan fingerprint density at radius 3 is 2.77 bits per heavy atom. The van der Waals surface area contributed by atoms with Gasteiger partial charge in [-0.05, 0) is 0 Å². The number of carbonyl (C=O) groups is 2. The Morgan fingerprint density at radius 1 is 1.62 bits per heavy atom. The lowest BCUT2D eigenvalue weighted by atomic mass is 10.2. The van der Waals surface area contributed by atoms with Gasteiger partial charge >= 0.3 is 5.97 Å². The first-order valence-electron chi connectivity index (χ1n) is 3.61. The van der Waals surface area contributed by atoms with Gasteiger partial charge in [-0.15, -0.1) is 0 Å². The highest BCUT2D eigenvalue weighted by Crippen LogP contribution is 1.94. The van der Waals surface area contributed by atoms with E-state index in [4.69, 9.17) is 10.8 Å². The van der Waals surface area contributed by atoms with Gasteiger partial charge in [0, 0.05) is 12.4 Å². The van der Waals surface area contributed by atoms with Gasteiger partial charge < -0.3 is 10.8 Å². The lowest BCUT2D eigenvalue weighted by Crippen LogP contribution is -2.33. The van der Waals surface area contributed by atoms with Gasteiger partial charge in [0.05, 0.1) is 6.42 Å². The summed E-state index contributed by atoms with van der Waals surface area (Å²) in [5, 5.41) is 8.43. The molecule has 1 heterocycles. The first-order valence-corrected chi connectivity index (χ1v) is 3.61. The van der Waals surface area contributed by atoms with Gasteiger partial charge in [0.25, 0.3) is 0 Å². The molecule has 6 heteroatoms. The fourth-order valence-electron chi connectivity index (χ4n) is 0.787. The number of hydrogen-bond donors (Lipinski definition) is 2. The van der Waals surface area contributed by atoms with Gasteiger partial charge in [0.2, 0.25) is 5.91 Å². The van der Waals surface area contributed by atoms with Gasteiger partial charge in [-0.1, -0.05) is 0 Å². The molecule has 70 valence electrons. The van der Waals surface area contributed by atoms with Crippen LogP contribution in [0.3, 0.4) is 0 Å². The number of nitrogens with two attached hydrogens (primary N) is 1. The highest BCUT2D eigenvalue weighted by atomic mass is 16.4. The zero-order valence-electron chi connectivity index (χ0n) is 6.75. The van der Waals surface area contributed by atoms with Crippen LogP contribution in [0.1, 0.15) is 11.2 Å². The van der Waals surface area contributed by atoms with E-state index in [1.807, 2.05) is 0 Å². The molecule has 0 amide bonds. The predicted octanol–water partition coefficient (Wildman–Crippen LogP) is -0.675. The molecular formula is C7H9N3O3. The quantitative estimate of drug-likeness (QED) is 0.647. The normalized spacial score (nSPS) is 12.4. The highest BCUT2D eigenvalue weighted by molar-refractivity contribution is 5.85. The smallest absolute Gasteiger partial charge is 0.321 e. The van der Waals surface area contributed by atoms with E-state index < -0.39 is 12.0 Å². The van der Waals surface area contributed by atoms with Crippen LogP contribution in [0.15, 0.2) is 18.7 Å². The Hall–Kier alpha value is -1.69. The van der Waals surface area contributed by atoms with Crippen molar-refractivity contribution >= 4 is 11.9 Å². The molecule has 13 heavy (non-hydrogen) atoms. The van der Waals surface area contributed by atoms with E-state index in [2.05, 4.69) is 4.98 Å². The Balaban J connectivity index is 2.56. The minimum absolute atomic E-state index is 0.230. The second-order valence-corrected chi connectivity index (χ2v) is 2.51. The van der Waals surface area contributed by atoms with E-state index in [1.54, 1.807) is 0 Å². The minimum atomic E-state index is -1.19. The molecule has 0 aliphatic heterocycles. The van der Waals surface area contributed by atoms with Crippen molar-refractivity contribution in [2.75, 3.05) is 0 Å². The molecule has 0 aliphatic carbocycles. The largest absolute Gasteiger partial charge is 0.480 e. The number of hydrogen-bond acceptors (Lipinski definition) is 4. The van der Waals surface area contributed by atoms with Crippen LogP contribution in [-0.2, 0) is 4.79 Å². The van der Waals surface area contributed by atoms with E-state index in [1.165, 1.54) is 23.3 Å². The van der Waals surface area contributed by atoms with Gasteiger partial charge in [-0.25, -0.2) is 4.98 Å². The van der Waals surface area contributed by atoms with Crippen LogP contribution >= 0.6 is 0 Å². The zero-order valence-corrected chi connectivity index (χ0v) is 6.75. The first kappa shape index (κ1) is 9.40. The number of aromatic nitrogens is 2. The van der Waals surface area contributed by atoms with Crippen molar-refractivity contribution in [3.05, 3.63) is 18.7 Å².